The summed E-state index contributed by atoms with van der Waals surface area (Å²) in [5.74, 6) is 0.733. The number of ether oxygens (including phenoxy) is 1. The zero-order chi connectivity index (χ0) is 17.1. The molecule has 2 heterocycles. The molecule has 0 spiro atoms. The molecule has 2 aliphatic heterocycles. The molecule has 5 heteroatoms. The minimum atomic E-state index is 0.334. The predicted molar refractivity (Wildman–Crippen MR) is 97.6 cm³/mol. The fourth-order valence-electron chi connectivity index (χ4n) is 4.03. The van der Waals surface area contributed by atoms with Crippen LogP contribution in [0.4, 0.5) is 5.69 Å². The number of anilines is 1. The van der Waals surface area contributed by atoms with E-state index in [2.05, 4.69) is 29.7 Å². The molecule has 1 aromatic carbocycles. The average molecular weight is 348 g/mol. The summed E-state index contributed by atoms with van der Waals surface area (Å²) in [4.78, 5) is 4.89. The van der Waals surface area contributed by atoms with Crippen molar-refractivity contribution in [2.24, 2.45) is 5.92 Å². The molecule has 4 nitrogen and oxygen atoms in total. The maximum atomic E-state index is 9.34. The van der Waals surface area contributed by atoms with Crippen LogP contribution in [0.3, 0.4) is 0 Å². The zero-order valence-corrected chi connectivity index (χ0v) is 15.3. The molecule has 3 rings (SSSR count). The predicted octanol–water partition coefficient (Wildman–Crippen LogP) is 3.54. The van der Waals surface area contributed by atoms with Crippen LogP contribution in [-0.4, -0.2) is 49.8 Å². The van der Waals surface area contributed by atoms with Crippen LogP contribution in [0, 0.1) is 17.2 Å². The SMILES string of the molecule is CC1CN(CC2CCN(c3ccc(Cl)cc3C#N)CC2)CC(C)O1. The van der Waals surface area contributed by atoms with Crippen LogP contribution in [-0.2, 0) is 4.74 Å². The first-order chi connectivity index (χ1) is 11.5. The Kier molecular flexibility index (Phi) is 5.65. The van der Waals surface area contributed by atoms with E-state index < -0.39 is 0 Å². The molecule has 2 saturated heterocycles. The van der Waals surface area contributed by atoms with Gasteiger partial charge in [-0.2, -0.15) is 5.26 Å². The van der Waals surface area contributed by atoms with Crippen molar-refractivity contribution in [3.8, 4) is 6.07 Å². The molecular formula is C19H26ClN3O. The first kappa shape index (κ1) is 17.5. The summed E-state index contributed by atoms with van der Waals surface area (Å²) < 4.78 is 5.82. The Bertz CT molecular complexity index is 597. The van der Waals surface area contributed by atoms with Gasteiger partial charge in [-0.25, -0.2) is 0 Å². The number of hydrogen-bond acceptors (Lipinski definition) is 4. The summed E-state index contributed by atoms with van der Waals surface area (Å²) in [7, 11) is 0. The van der Waals surface area contributed by atoms with Gasteiger partial charge in [-0.15, -0.1) is 0 Å². The van der Waals surface area contributed by atoms with Gasteiger partial charge in [0.2, 0.25) is 0 Å². The second-order valence-corrected chi connectivity index (χ2v) is 7.62. The average Bonchev–Trinajstić information content (AvgIpc) is 2.54. The van der Waals surface area contributed by atoms with Crippen LogP contribution in [0.5, 0.6) is 0 Å². The van der Waals surface area contributed by atoms with Crippen molar-refractivity contribution in [3.05, 3.63) is 28.8 Å². The third-order valence-corrected chi connectivity index (χ3v) is 5.28. The lowest BCUT2D eigenvalue weighted by Gasteiger charge is -2.40. The van der Waals surface area contributed by atoms with E-state index in [1.54, 1.807) is 6.07 Å². The third kappa shape index (κ3) is 4.22. The third-order valence-electron chi connectivity index (χ3n) is 5.05. The molecule has 2 aliphatic rings. The fraction of sp³-hybridized carbons (Fsp3) is 0.632. The van der Waals surface area contributed by atoms with Crippen LogP contribution in [0.1, 0.15) is 32.3 Å². The van der Waals surface area contributed by atoms with E-state index in [1.807, 2.05) is 12.1 Å². The first-order valence-electron chi connectivity index (χ1n) is 8.87. The molecule has 0 N–H and O–H groups in total. The number of piperidine rings is 1. The Morgan fingerprint density at radius 3 is 2.50 bits per heavy atom. The minimum Gasteiger partial charge on any atom is -0.373 e. The second kappa shape index (κ2) is 7.74. The molecular weight excluding hydrogens is 322 g/mol. The molecule has 2 unspecified atom stereocenters. The molecule has 2 atom stereocenters. The lowest BCUT2D eigenvalue weighted by atomic mass is 9.95. The van der Waals surface area contributed by atoms with Gasteiger partial charge in [-0.05, 0) is 50.8 Å². The van der Waals surface area contributed by atoms with Gasteiger partial charge in [0.05, 0.1) is 23.5 Å². The van der Waals surface area contributed by atoms with Crippen LogP contribution in [0.15, 0.2) is 18.2 Å². The molecule has 0 saturated carbocycles. The summed E-state index contributed by atoms with van der Waals surface area (Å²) in [6.45, 7) is 9.59. The quantitative estimate of drug-likeness (QED) is 0.838. The Hall–Kier alpha value is -1.28. The van der Waals surface area contributed by atoms with E-state index in [-0.39, 0.29) is 0 Å². The van der Waals surface area contributed by atoms with Gasteiger partial charge >= 0.3 is 0 Å². The van der Waals surface area contributed by atoms with Crippen molar-refractivity contribution in [2.45, 2.75) is 38.9 Å². The number of nitrogens with zero attached hydrogens (tertiary/aromatic N) is 3. The molecule has 0 radical (unpaired) electrons. The van der Waals surface area contributed by atoms with Gasteiger partial charge in [0.15, 0.2) is 0 Å². The van der Waals surface area contributed by atoms with E-state index in [9.17, 15) is 5.26 Å². The smallest absolute Gasteiger partial charge is 0.101 e. The fourth-order valence-corrected chi connectivity index (χ4v) is 4.20. The Morgan fingerprint density at radius 1 is 1.21 bits per heavy atom. The first-order valence-corrected chi connectivity index (χ1v) is 9.25. The highest BCUT2D eigenvalue weighted by Crippen LogP contribution is 2.29. The number of nitriles is 1. The molecule has 130 valence electrons. The highest BCUT2D eigenvalue weighted by Gasteiger charge is 2.27. The lowest BCUT2D eigenvalue weighted by molar-refractivity contribution is -0.0720. The number of hydrogen-bond donors (Lipinski definition) is 0. The van der Waals surface area contributed by atoms with Gasteiger partial charge < -0.3 is 9.64 Å². The highest BCUT2D eigenvalue weighted by atomic mass is 35.5. The molecule has 2 fully saturated rings. The Labute approximate surface area is 149 Å². The second-order valence-electron chi connectivity index (χ2n) is 7.18. The summed E-state index contributed by atoms with van der Waals surface area (Å²) >= 11 is 6.00. The van der Waals surface area contributed by atoms with Crippen molar-refractivity contribution >= 4 is 17.3 Å². The summed E-state index contributed by atoms with van der Waals surface area (Å²) in [5.41, 5.74) is 1.70. The van der Waals surface area contributed by atoms with Crippen molar-refractivity contribution in [1.82, 2.24) is 4.90 Å². The molecule has 0 bridgehead atoms. The normalized spacial score (nSPS) is 26.3. The molecule has 24 heavy (non-hydrogen) atoms. The van der Waals surface area contributed by atoms with E-state index in [1.165, 1.54) is 12.8 Å². The van der Waals surface area contributed by atoms with E-state index in [0.717, 1.165) is 44.3 Å². The van der Waals surface area contributed by atoms with Crippen LogP contribution in [0.25, 0.3) is 0 Å². The van der Waals surface area contributed by atoms with Gasteiger partial charge in [0, 0.05) is 37.7 Å². The number of halogens is 1. The summed E-state index contributed by atoms with van der Waals surface area (Å²) in [6, 6.07) is 7.89. The minimum absolute atomic E-state index is 0.334. The molecule has 0 aromatic heterocycles. The van der Waals surface area contributed by atoms with Crippen molar-refractivity contribution < 1.29 is 4.74 Å². The Balaban J connectivity index is 1.55. The molecule has 1 aromatic rings. The summed E-state index contributed by atoms with van der Waals surface area (Å²) in [6.07, 6.45) is 3.02. The number of morpholine rings is 1. The Morgan fingerprint density at radius 2 is 1.88 bits per heavy atom. The van der Waals surface area contributed by atoms with Crippen molar-refractivity contribution in [2.75, 3.05) is 37.6 Å². The number of benzene rings is 1. The molecule has 0 amide bonds. The standard InChI is InChI=1S/C19H26ClN3O/c1-14-11-22(12-15(2)24-14)13-16-5-7-23(8-6-16)19-4-3-18(20)9-17(19)10-21/h3-4,9,14-16H,5-8,11-13H2,1-2H3. The van der Waals surface area contributed by atoms with Crippen LogP contribution < -0.4 is 4.90 Å². The van der Waals surface area contributed by atoms with E-state index in [0.29, 0.717) is 22.8 Å². The largest absolute Gasteiger partial charge is 0.373 e. The van der Waals surface area contributed by atoms with Crippen molar-refractivity contribution in [3.63, 3.8) is 0 Å². The van der Waals surface area contributed by atoms with Crippen molar-refractivity contribution in [1.29, 1.82) is 5.26 Å². The van der Waals surface area contributed by atoms with E-state index >= 15 is 0 Å². The lowest BCUT2D eigenvalue weighted by Crippen LogP contribution is -2.48. The van der Waals surface area contributed by atoms with Gasteiger partial charge in [-0.1, -0.05) is 11.6 Å². The van der Waals surface area contributed by atoms with E-state index in [4.69, 9.17) is 16.3 Å². The van der Waals surface area contributed by atoms with Gasteiger partial charge in [0.25, 0.3) is 0 Å². The maximum absolute atomic E-state index is 9.34. The number of rotatable bonds is 3. The van der Waals surface area contributed by atoms with Crippen LogP contribution >= 0.6 is 11.6 Å². The maximum Gasteiger partial charge on any atom is 0.101 e. The topological polar surface area (TPSA) is 39.5 Å². The summed E-state index contributed by atoms with van der Waals surface area (Å²) in [5, 5.41) is 9.96. The van der Waals surface area contributed by atoms with Gasteiger partial charge in [-0.3, -0.25) is 4.90 Å². The van der Waals surface area contributed by atoms with Gasteiger partial charge in [0.1, 0.15) is 6.07 Å². The molecule has 0 aliphatic carbocycles. The van der Waals surface area contributed by atoms with Crippen LogP contribution in [0.2, 0.25) is 5.02 Å². The monoisotopic (exact) mass is 347 g/mol. The zero-order valence-electron chi connectivity index (χ0n) is 14.5. The highest BCUT2D eigenvalue weighted by molar-refractivity contribution is 6.30.